The van der Waals surface area contributed by atoms with Crippen molar-refractivity contribution in [1.82, 2.24) is 9.78 Å². The van der Waals surface area contributed by atoms with E-state index in [0.29, 0.717) is 41.7 Å². The first kappa shape index (κ1) is 13.0. The zero-order chi connectivity index (χ0) is 14.8. The molecule has 0 bridgehead atoms. The van der Waals surface area contributed by atoms with Crippen molar-refractivity contribution in [2.75, 3.05) is 18.5 Å². The lowest BCUT2D eigenvalue weighted by molar-refractivity contribution is 0.101. The van der Waals surface area contributed by atoms with Crippen molar-refractivity contribution in [2.24, 2.45) is 7.05 Å². The molecule has 7 nitrogen and oxygen atoms in total. The summed E-state index contributed by atoms with van der Waals surface area (Å²) in [6, 6.07) is 7.09. The Balaban J connectivity index is 1.93. The van der Waals surface area contributed by atoms with Gasteiger partial charge >= 0.3 is 0 Å². The zero-order valence-corrected chi connectivity index (χ0v) is 11.3. The third-order valence-corrected chi connectivity index (χ3v) is 3.10. The molecule has 1 aromatic heterocycles. The number of carbonyl (C=O) groups excluding carboxylic acids is 1. The van der Waals surface area contributed by atoms with Crippen LogP contribution < -0.4 is 14.8 Å². The molecule has 0 saturated heterocycles. The van der Waals surface area contributed by atoms with Gasteiger partial charge in [0.25, 0.3) is 5.91 Å². The second kappa shape index (κ2) is 5.17. The average molecular weight is 284 g/mol. The highest BCUT2D eigenvalue weighted by Gasteiger charge is 2.22. The molecule has 3 rings (SSSR count). The fraction of sp³-hybridized carbons (Fsp3) is 0.214. The lowest BCUT2D eigenvalue weighted by Crippen LogP contribution is -2.21. The van der Waals surface area contributed by atoms with Crippen LogP contribution in [0.3, 0.4) is 0 Å². The van der Waals surface area contributed by atoms with Gasteiger partial charge in [-0.05, 0) is 12.1 Å². The molecule has 106 valence electrons. The third-order valence-electron chi connectivity index (χ3n) is 3.10. The molecule has 0 atom stereocenters. The number of anilines is 1. The van der Waals surface area contributed by atoms with Crippen molar-refractivity contribution in [1.29, 1.82) is 5.26 Å². The van der Waals surface area contributed by atoms with Crippen LogP contribution in [0.1, 0.15) is 15.9 Å². The quantitative estimate of drug-likeness (QED) is 0.898. The summed E-state index contributed by atoms with van der Waals surface area (Å²) in [4.78, 5) is 12.4. The molecule has 1 aliphatic rings. The highest BCUT2D eigenvalue weighted by Crippen LogP contribution is 2.34. The van der Waals surface area contributed by atoms with Crippen LogP contribution in [0.4, 0.5) is 5.82 Å². The number of carbonyl (C=O) groups is 1. The van der Waals surface area contributed by atoms with Crippen molar-refractivity contribution < 1.29 is 14.3 Å². The van der Waals surface area contributed by atoms with E-state index in [1.54, 1.807) is 25.2 Å². The van der Waals surface area contributed by atoms with Crippen LogP contribution in [-0.2, 0) is 7.05 Å². The largest absolute Gasteiger partial charge is 0.486 e. The first-order valence-corrected chi connectivity index (χ1v) is 6.33. The molecule has 0 radical (unpaired) electrons. The minimum atomic E-state index is -0.377. The number of hydrogen-bond donors (Lipinski definition) is 1. The van der Waals surface area contributed by atoms with E-state index in [1.165, 1.54) is 10.9 Å². The van der Waals surface area contributed by atoms with E-state index in [4.69, 9.17) is 14.7 Å². The van der Waals surface area contributed by atoms with Gasteiger partial charge in [-0.25, -0.2) is 0 Å². The van der Waals surface area contributed by atoms with Crippen LogP contribution in [0.25, 0.3) is 0 Å². The van der Waals surface area contributed by atoms with Gasteiger partial charge in [-0.3, -0.25) is 9.48 Å². The SMILES string of the molecule is Cn1ncc(C#N)c1NC(=O)c1cccc2c1OCCO2. The smallest absolute Gasteiger partial charge is 0.260 e. The second-order valence-electron chi connectivity index (χ2n) is 4.43. The Morgan fingerprint density at radius 3 is 3.05 bits per heavy atom. The normalized spacial score (nSPS) is 12.6. The number of benzene rings is 1. The van der Waals surface area contributed by atoms with Crippen molar-refractivity contribution >= 4 is 11.7 Å². The molecule has 2 aromatic rings. The minimum absolute atomic E-state index is 0.299. The number of nitrogens with zero attached hydrogens (tertiary/aromatic N) is 3. The van der Waals surface area contributed by atoms with E-state index in [-0.39, 0.29) is 5.91 Å². The molecule has 2 heterocycles. The number of nitrogens with one attached hydrogen (secondary N) is 1. The zero-order valence-electron chi connectivity index (χ0n) is 11.3. The van der Waals surface area contributed by atoms with Gasteiger partial charge in [-0.15, -0.1) is 0 Å². The van der Waals surface area contributed by atoms with Crippen LogP contribution in [-0.4, -0.2) is 28.9 Å². The Labute approximate surface area is 120 Å². The van der Waals surface area contributed by atoms with Gasteiger partial charge < -0.3 is 14.8 Å². The number of para-hydroxylation sites is 1. The minimum Gasteiger partial charge on any atom is -0.486 e. The number of aryl methyl sites for hydroxylation is 1. The molecule has 0 spiro atoms. The Hall–Kier alpha value is -3.01. The monoisotopic (exact) mass is 284 g/mol. The van der Waals surface area contributed by atoms with E-state index in [0.717, 1.165) is 0 Å². The van der Waals surface area contributed by atoms with Gasteiger partial charge in [0.1, 0.15) is 30.7 Å². The van der Waals surface area contributed by atoms with Crippen LogP contribution >= 0.6 is 0 Å². The maximum Gasteiger partial charge on any atom is 0.260 e. The van der Waals surface area contributed by atoms with Gasteiger partial charge in [-0.2, -0.15) is 10.4 Å². The second-order valence-corrected chi connectivity index (χ2v) is 4.43. The first-order chi connectivity index (χ1) is 10.2. The number of aromatic nitrogens is 2. The molecular weight excluding hydrogens is 272 g/mol. The lowest BCUT2D eigenvalue weighted by atomic mass is 10.1. The predicted molar refractivity (Wildman–Crippen MR) is 73.3 cm³/mol. The van der Waals surface area contributed by atoms with Crippen LogP contribution in [0.2, 0.25) is 0 Å². The molecule has 1 aliphatic heterocycles. The number of hydrogen-bond acceptors (Lipinski definition) is 5. The first-order valence-electron chi connectivity index (χ1n) is 6.33. The molecule has 1 N–H and O–H groups in total. The molecule has 0 aliphatic carbocycles. The average Bonchev–Trinajstić information content (AvgIpc) is 2.87. The predicted octanol–water partition coefficient (Wildman–Crippen LogP) is 1.32. The number of nitriles is 1. The van der Waals surface area contributed by atoms with Gasteiger partial charge in [0.05, 0.1) is 11.8 Å². The van der Waals surface area contributed by atoms with Crippen molar-refractivity contribution in [3.63, 3.8) is 0 Å². The molecule has 1 amide bonds. The number of rotatable bonds is 2. The summed E-state index contributed by atoms with van der Waals surface area (Å²) in [7, 11) is 1.65. The molecular formula is C14H12N4O3. The van der Waals surface area contributed by atoms with E-state index in [2.05, 4.69) is 10.4 Å². The van der Waals surface area contributed by atoms with E-state index in [9.17, 15) is 4.79 Å². The Morgan fingerprint density at radius 1 is 1.43 bits per heavy atom. The van der Waals surface area contributed by atoms with Gasteiger partial charge in [-0.1, -0.05) is 6.07 Å². The summed E-state index contributed by atoms with van der Waals surface area (Å²) in [6.07, 6.45) is 1.40. The summed E-state index contributed by atoms with van der Waals surface area (Å²) in [5, 5.41) is 15.6. The van der Waals surface area contributed by atoms with E-state index in [1.807, 2.05) is 6.07 Å². The molecule has 0 unspecified atom stereocenters. The standard InChI is InChI=1S/C14H12N4O3/c1-18-13(9(7-15)8-16-18)17-14(19)10-3-2-4-11-12(10)21-6-5-20-11/h2-4,8H,5-6H2,1H3,(H,17,19). The molecule has 1 aromatic carbocycles. The summed E-state index contributed by atoms with van der Waals surface area (Å²) in [5.74, 6) is 0.926. The summed E-state index contributed by atoms with van der Waals surface area (Å²) >= 11 is 0. The van der Waals surface area contributed by atoms with Gasteiger partial charge in [0, 0.05) is 7.05 Å². The summed E-state index contributed by atoms with van der Waals surface area (Å²) < 4.78 is 12.4. The van der Waals surface area contributed by atoms with Crippen molar-refractivity contribution in [2.45, 2.75) is 0 Å². The maximum absolute atomic E-state index is 12.4. The Kier molecular flexibility index (Phi) is 3.20. The molecule has 0 fully saturated rings. The molecule has 7 heteroatoms. The van der Waals surface area contributed by atoms with Crippen molar-refractivity contribution in [3.05, 3.63) is 35.5 Å². The highest BCUT2D eigenvalue weighted by molar-refractivity contribution is 6.06. The fourth-order valence-electron chi connectivity index (χ4n) is 2.09. The van der Waals surface area contributed by atoms with Gasteiger partial charge in [0.2, 0.25) is 0 Å². The van der Waals surface area contributed by atoms with E-state index >= 15 is 0 Å². The maximum atomic E-state index is 12.4. The third kappa shape index (κ3) is 2.27. The van der Waals surface area contributed by atoms with Crippen LogP contribution in [0, 0.1) is 11.3 Å². The highest BCUT2D eigenvalue weighted by atomic mass is 16.6. The number of ether oxygens (including phenoxy) is 2. The van der Waals surface area contributed by atoms with Crippen LogP contribution in [0.5, 0.6) is 11.5 Å². The van der Waals surface area contributed by atoms with Crippen molar-refractivity contribution in [3.8, 4) is 17.6 Å². The van der Waals surface area contributed by atoms with E-state index < -0.39 is 0 Å². The Bertz CT molecular complexity index is 745. The number of amides is 1. The molecule has 21 heavy (non-hydrogen) atoms. The van der Waals surface area contributed by atoms with Crippen LogP contribution in [0.15, 0.2) is 24.4 Å². The van der Waals surface area contributed by atoms with Gasteiger partial charge in [0.15, 0.2) is 11.5 Å². The lowest BCUT2D eigenvalue weighted by Gasteiger charge is -2.20. The topological polar surface area (TPSA) is 89.2 Å². The fourth-order valence-corrected chi connectivity index (χ4v) is 2.09. The Morgan fingerprint density at radius 2 is 2.24 bits per heavy atom. The summed E-state index contributed by atoms with van der Waals surface area (Å²) in [6.45, 7) is 0.852. The summed E-state index contributed by atoms with van der Waals surface area (Å²) in [5.41, 5.74) is 0.658. The molecule has 0 saturated carbocycles. The number of fused-ring (bicyclic) bond motifs is 1.